The van der Waals surface area contributed by atoms with Gasteiger partial charge in [-0.1, -0.05) is 60.8 Å². The lowest BCUT2D eigenvalue weighted by Crippen LogP contribution is -2.32. The van der Waals surface area contributed by atoms with Gasteiger partial charge in [0.2, 0.25) is 0 Å². The Morgan fingerprint density at radius 1 is 0.621 bits per heavy atom. The van der Waals surface area contributed by atoms with E-state index in [1.54, 1.807) is 11.4 Å². The van der Waals surface area contributed by atoms with Gasteiger partial charge in [0.25, 0.3) is 0 Å². The van der Waals surface area contributed by atoms with Crippen LogP contribution in [0.25, 0.3) is 0 Å². The van der Waals surface area contributed by atoms with Crippen LogP contribution in [0.15, 0.2) is 9.98 Å². The van der Waals surface area contributed by atoms with Gasteiger partial charge in [0.1, 0.15) is 0 Å². The molecule has 4 aliphatic carbocycles. The molecule has 4 bridgehead atoms. The average molecular weight is 399 g/mol. The minimum Gasteiger partial charge on any atom is -0.294 e. The van der Waals surface area contributed by atoms with Crippen LogP contribution in [-0.4, -0.2) is 24.5 Å². The lowest BCUT2D eigenvalue weighted by Gasteiger charge is -2.34. The van der Waals surface area contributed by atoms with Crippen molar-refractivity contribution in [1.82, 2.24) is 0 Å². The van der Waals surface area contributed by atoms with Gasteiger partial charge in [-0.15, -0.1) is 0 Å². The van der Waals surface area contributed by atoms with Crippen molar-refractivity contribution in [3.05, 3.63) is 0 Å². The zero-order chi connectivity index (χ0) is 20.9. The largest absolute Gasteiger partial charge is 0.294 e. The number of fused-ring (bicyclic) bond motifs is 4. The first-order chi connectivity index (χ1) is 13.6. The van der Waals surface area contributed by atoms with E-state index in [0.717, 1.165) is 24.9 Å². The minimum absolute atomic E-state index is 0.391. The van der Waals surface area contributed by atoms with Crippen molar-refractivity contribution in [2.45, 2.75) is 112 Å². The molecular weight excluding hydrogens is 352 g/mol. The van der Waals surface area contributed by atoms with Crippen molar-refractivity contribution < 1.29 is 0 Å². The molecule has 2 nitrogen and oxygen atoms in total. The zero-order valence-corrected chi connectivity index (χ0v) is 20.2. The van der Waals surface area contributed by atoms with Gasteiger partial charge >= 0.3 is 0 Å². The Kier molecular flexibility index (Phi) is 5.57. The fourth-order valence-electron chi connectivity index (χ4n) is 7.52. The van der Waals surface area contributed by atoms with E-state index < -0.39 is 0 Å². The third kappa shape index (κ3) is 3.26. The van der Waals surface area contributed by atoms with Crippen molar-refractivity contribution >= 4 is 11.4 Å². The summed E-state index contributed by atoms with van der Waals surface area (Å²) in [5.74, 6) is 1.77. The first kappa shape index (κ1) is 21.6. The lowest BCUT2D eigenvalue weighted by atomic mass is 9.70. The number of nitrogens with zero attached hydrogens (tertiary/aromatic N) is 2. The maximum Gasteiger partial charge on any atom is 0.0388 e. The molecular formula is C27H46N2. The van der Waals surface area contributed by atoms with Crippen molar-refractivity contribution in [1.29, 1.82) is 0 Å². The molecule has 0 heterocycles. The summed E-state index contributed by atoms with van der Waals surface area (Å²) in [4.78, 5) is 10.2. The molecule has 4 aliphatic rings. The van der Waals surface area contributed by atoms with Crippen molar-refractivity contribution in [3.63, 3.8) is 0 Å². The summed E-state index contributed by atoms with van der Waals surface area (Å²) in [7, 11) is 0. The van der Waals surface area contributed by atoms with Crippen LogP contribution in [0.3, 0.4) is 0 Å². The molecule has 4 saturated carbocycles. The molecule has 0 aliphatic heterocycles. The highest BCUT2D eigenvalue weighted by molar-refractivity contribution is 5.94. The second-order valence-electron chi connectivity index (χ2n) is 12.4. The third-order valence-corrected chi connectivity index (χ3v) is 10.9. The monoisotopic (exact) mass is 398 g/mol. The van der Waals surface area contributed by atoms with Gasteiger partial charge in [0.15, 0.2) is 0 Å². The van der Waals surface area contributed by atoms with E-state index in [1.807, 2.05) is 0 Å². The van der Waals surface area contributed by atoms with Gasteiger partial charge in [0, 0.05) is 35.3 Å². The van der Waals surface area contributed by atoms with Gasteiger partial charge < -0.3 is 0 Å². The zero-order valence-electron chi connectivity index (χ0n) is 20.2. The van der Waals surface area contributed by atoms with Crippen molar-refractivity contribution in [3.8, 4) is 0 Å². The molecule has 0 amide bonds. The average Bonchev–Trinajstić information content (AvgIpc) is 3.18. The highest BCUT2D eigenvalue weighted by Crippen LogP contribution is 2.64. The van der Waals surface area contributed by atoms with Crippen LogP contribution in [0.5, 0.6) is 0 Å². The molecule has 4 atom stereocenters. The minimum atomic E-state index is 0.391. The van der Waals surface area contributed by atoms with E-state index in [-0.39, 0.29) is 0 Å². The Balaban J connectivity index is 1.12. The number of aliphatic imine (C=N–C) groups is 2. The van der Waals surface area contributed by atoms with E-state index in [1.165, 1.54) is 70.6 Å². The summed E-state index contributed by atoms with van der Waals surface area (Å²) in [6.07, 6.45) is 14.7. The molecule has 4 fully saturated rings. The van der Waals surface area contributed by atoms with Crippen LogP contribution in [0.1, 0.15) is 112 Å². The van der Waals surface area contributed by atoms with Crippen LogP contribution in [0.2, 0.25) is 0 Å². The molecule has 0 aromatic rings. The van der Waals surface area contributed by atoms with E-state index in [2.05, 4.69) is 41.5 Å². The highest BCUT2D eigenvalue weighted by atomic mass is 14.8. The van der Waals surface area contributed by atoms with Gasteiger partial charge in [-0.2, -0.15) is 0 Å². The van der Waals surface area contributed by atoms with Gasteiger partial charge in [-0.25, -0.2) is 0 Å². The van der Waals surface area contributed by atoms with E-state index in [4.69, 9.17) is 9.98 Å². The Labute approximate surface area is 180 Å². The molecule has 29 heavy (non-hydrogen) atoms. The van der Waals surface area contributed by atoms with Crippen LogP contribution in [0.4, 0.5) is 0 Å². The fourth-order valence-corrected chi connectivity index (χ4v) is 7.52. The van der Waals surface area contributed by atoms with Crippen LogP contribution >= 0.6 is 0 Å². The lowest BCUT2D eigenvalue weighted by molar-refractivity contribution is 0.194. The highest BCUT2D eigenvalue weighted by Gasteiger charge is 2.60. The predicted molar refractivity (Wildman–Crippen MR) is 126 cm³/mol. The van der Waals surface area contributed by atoms with Crippen LogP contribution in [-0.2, 0) is 0 Å². The number of hydrogen-bond acceptors (Lipinski definition) is 2. The molecule has 0 aromatic heterocycles. The molecule has 0 saturated heterocycles. The van der Waals surface area contributed by atoms with Crippen molar-refractivity contribution in [2.75, 3.05) is 13.1 Å². The summed E-state index contributed by atoms with van der Waals surface area (Å²) in [5, 5.41) is 0. The Hall–Kier alpha value is -0.660. The van der Waals surface area contributed by atoms with Gasteiger partial charge in [0.05, 0.1) is 0 Å². The molecule has 0 N–H and O–H groups in total. The second kappa shape index (κ2) is 7.49. The van der Waals surface area contributed by atoms with Crippen LogP contribution < -0.4 is 0 Å². The molecule has 0 spiro atoms. The maximum atomic E-state index is 5.10. The Morgan fingerprint density at radius 2 is 1.00 bits per heavy atom. The smallest absolute Gasteiger partial charge is 0.0388 e. The SMILES string of the molecule is CC1(C)[C@@H]2CC[C@@]1(C)C(=NCCCCCCCN=C1C[C@H]3CC[C@]1(C)C3(C)C)C2. The summed E-state index contributed by atoms with van der Waals surface area (Å²) in [6, 6.07) is 0. The normalized spacial score (nSPS) is 41.9. The quantitative estimate of drug-likeness (QED) is 0.378. The predicted octanol–water partition coefficient (Wildman–Crippen LogP) is 7.51. The summed E-state index contributed by atoms with van der Waals surface area (Å²) < 4.78 is 0. The number of unbranched alkanes of at least 4 members (excludes halogenated alkanes) is 4. The van der Waals surface area contributed by atoms with Gasteiger partial charge in [-0.3, -0.25) is 9.98 Å². The third-order valence-electron chi connectivity index (χ3n) is 10.9. The fraction of sp³-hybridized carbons (Fsp3) is 0.926. The summed E-state index contributed by atoms with van der Waals surface area (Å²) in [6.45, 7) is 17.0. The molecule has 164 valence electrons. The summed E-state index contributed by atoms with van der Waals surface area (Å²) >= 11 is 0. The molecule has 0 radical (unpaired) electrons. The Morgan fingerprint density at radius 3 is 1.31 bits per heavy atom. The van der Waals surface area contributed by atoms with E-state index in [9.17, 15) is 0 Å². The molecule has 0 unspecified atom stereocenters. The van der Waals surface area contributed by atoms with E-state index >= 15 is 0 Å². The molecule has 2 heteroatoms. The number of hydrogen-bond donors (Lipinski definition) is 0. The van der Waals surface area contributed by atoms with E-state index in [0.29, 0.717) is 21.7 Å². The van der Waals surface area contributed by atoms with Gasteiger partial charge in [-0.05, 0) is 74.0 Å². The topological polar surface area (TPSA) is 24.7 Å². The summed E-state index contributed by atoms with van der Waals surface area (Å²) in [5.41, 5.74) is 4.83. The standard InChI is InChI=1S/C27H46N2/c1-24(2)20-12-14-26(24,5)22(18-20)28-16-10-8-7-9-11-17-29-23-19-21-13-15-27(23,6)25(21,3)4/h20-21H,7-19H2,1-6H3/t20-,21-,26+,27+/m1/s1. The van der Waals surface area contributed by atoms with Crippen LogP contribution in [0, 0.1) is 33.5 Å². The van der Waals surface area contributed by atoms with Crippen molar-refractivity contribution in [2.24, 2.45) is 43.5 Å². The number of rotatable bonds is 8. The molecule has 4 rings (SSSR count). The molecule has 0 aromatic carbocycles. The first-order valence-corrected chi connectivity index (χ1v) is 12.7. The Bertz CT molecular complexity index is 627. The first-order valence-electron chi connectivity index (χ1n) is 12.7. The second-order valence-corrected chi connectivity index (χ2v) is 12.4. The maximum absolute atomic E-state index is 5.10.